The Hall–Kier alpha value is -3.62. The van der Waals surface area contributed by atoms with Crippen molar-refractivity contribution in [3.63, 3.8) is 0 Å². The molecule has 3 aromatic rings. The molecule has 2 N–H and O–H groups in total. The molecule has 1 fully saturated rings. The van der Waals surface area contributed by atoms with Crippen molar-refractivity contribution in [3.05, 3.63) is 65.7 Å². The summed E-state index contributed by atoms with van der Waals surface area (Å²) < 4.78 is 28.9. The van der Waals surface area contributed by atoms with Gasteiger partial charge in [-0.15, -0.1) is 0 Å². The molecule has 1 unspecified atom stereocenters. The van der Waals surface area contributed by atoms with Crippen molar-refractivity contribution in [2.75, 3.05) is 5.32 Å². The van der Waals surface area contributed by atoms with Crippen molar-refractivity contribution in [1.82, 2.24) is 20.1 Å². The summed E-state index contributed by atoms with van der Waals surface area (Å²) in [5.41, 5.74) is 5.03. The van der Waals surface area contributed by atoms with Crippen molar-refractivity contribution < 1.29 is 18.4 Å². The van der Waals surface area contributed by atoms with E-state index in [9.17, 15) is 18.4 Å². The van der Waals surface area contributed by atoms with Gasteiger partial charge in [-0.1, -0.05) is 12.1 Å². The molecule has 4 rings (SSSR count). The highest BCUT2D eigenvalue weighted by Gasteiger charge is 2.40. The lowest BCUT2D eigenvalue weighted by atomic mass is 9.81. The largest absolute Gasteiger partial charge is 0.339 e. The summed E-state index contributed by atoms with van der Waals surface area (Å²) in [5.74, 6) is -4.03. The maximum atomic E-state index is 13.8. The van der Waals surface area contributed by atoms with Crippen LogP contribution in [0.15, 0.2) is 48.9 Å². The van der Waals surface area contributed by atoms with Crippen LogP contribution in [0.3, 0.4) is 0 Å². The van der Waals surface area contributed by atoms with Crippen LogP contribution in [-0.2, 0) is 11.8 Å². The van der Waals surface area contributed by atoms with Gasteiger partial charge in [0.15, 0.2) is 0 Å². The van der Waals surface area contributed by atoms with E-state index in [1.807, 2.05) is 26.0 Å². The van der Waals surface area contributed by atoms with Crippen molar-refractivity contribution in [2.45, 2.75) is 51.5 Å². The van der Waals surface area contributed by atoms with E-state index in [0.717, 1.165) is 22.3 Å². The Bertz CT molecular complexity index is 1190. The summed E-state index contributed by atoms with van der Waals surface area (Å²) in [6.07, 6.45) is 4.79. The fourth-order valence-corrected chi connectivity index (χ4v) is 4.70. The van der Waals surface area contributed by atoms with E-state index in [1.165, 1.54) is 10.9 Å². The molecule has 1 atom stereocenters. The average molecular weight is 482 g/mol. The number of pyridine rings is 1. The summed E-state index contributed by atoms with van der Waals surface area (Å²) in [6.45, 7) is 3.99. The molecule has 1 aromatic carbocycles. The average Bonchev–Trinajstić information content (AvgIpc) is 3.24. The summed E-state index contributed by atoms with van der Waals surface area (Å²) in [5, 5.41) is 9.61. The number of aryl methyl sites for hydroxylation is 3. The predicted molar refractivity (Wildman–Crippen MR) is 129 cm³/mol. The first-order valence-electron chi connectivity index (χ1n) is 11.6. The van der Waals surface area contributed by atoms with Gasteiger partial charge in [-0.25, -0.2) is 8.78 Å². The van der Waals surface area contributed by atoms with Gasteiger partial charge >= 0.3 is 0 Å². The van der Waals surface area contributed by atoms with Crippen LogP contribution in [0, 0.1) is 19.8 Å². The van der Waals surface area contributed by atoms with Gasteiger partial charge in [0.25, 0.3) is 5.91 Å². The van der Waals surface area contributed by atoms with Crippen LogP contribution in [-0.4, -0.2) is 38.5 Å². The quantitative estimate of drug-likeness (QED) is 0.536. The van der Waals surface area contributed by atoms with Crippen molar-refractivity contribution in [3.8, 4) is 11.1 Å². The Morgan fingerprint density at radius 3 is 2.26 bits per heavy atom. The number of carbonyl (C=O) groups is 2. The topological polar surface area (TPSA) is 88.9 Å². The molecular formula is C26H29F2N5O2. The smallest absolute Gasteiger partial charge is 0.270 e. The van der Waals surface area contributed by atoms with E-state index < -0.39 is 29.7 Å². The normalized spacial score (nSPS) is 16.5. The molecule has 35 heavy (non-hydrogen) atoms. The molecule has 2 heterocycles. The summed E-state index contributed by atoms with van der Waals surface area (Å²) >= 11 is 0. The van der Waals surface area contributed by atoms with Gasteiger partial charge in [-0.2, -0.15) is 5.10 Å². The lowest BCUT2D eigenvalue weighted by molar-refractivity contribution is -0.121. The number of alkyl halides is 2. The van der Waals surface area contributed by atoms with Crippen LogP contribution in [0.4, 0.5) is 14.5 Å². The van der Waals surface area contributed by atoms with E-state index in [-0.39, 0.29) is 31.4 Å². The maximum Gasteiger partial charge on any atom is 0.270 e. The zero-order chi connectivity index (χ0) is 25.2. The number of carbonyl (C=O) groups excluding carboxylic acids is 2. The van der Waals surface area contributed by atoms with Crippen LogP contribution < -0.4 is 10.6 Å². The zero-order valence-electron chi connectivity index (χ0n) is 20.0. The number of hydrogen-bond donors (Lipinski definition) is 2. The van der Waals surface area contributed by atoms with Crippen LogP contribution in [0.1, 0.15) is 47.3 Å². The molecule has 0 aliphatic heterocycles. The second-order valence-electron chi connectivity index (χ2n) is 9.20. The Morgan fingerprint density at radius 1 is 1.06 bits per heavy atom. The first kappa shape index (κ1) is 24.5. The molecule has 184 valence electrons. The Labute approximate surface area is 202 Å². The zero-order valence-corrected chi connectivity index (χ0v) is 20.0. The number of nitrogens with zero attached hydrogens (tertiary/aromatic N) is 3. The third kappa shape index (κ3) is 5.55. The molecule has 2 aromatic heterocycles. The Kier molecular flexibility index (Phi) is 6.95. The highest BCUT2D eigenvalue weighted by Crippen LogP contribution is 2.38. The Morgan fingerprint density at radius 2 is 1.69 bits per heavy atom. The Balaban J connectivity index is 1.52. The number of amides is 2. The summed E-state index contributed by atoms with van der Waals surface area (Å²) in [6, 6.07) is 8.01. The monoisotopic (exact) mass is 481 g/mol. The first-order chi connectivity index (χ1) is 16.6. The number of nitrogens with one attached hydrogen (secondary N) is 2. The van der Waals surface area contributed by atoms with Crippen molar-refractivity contribution in [2.24, 2.45) is 13.0 Å². The summed E-state index contributed by atoms with van der Waals surface area (Å²) in [7, 11) is 1.62. The van der Waals surface area contributed by atoms with Gasteiger partial charge < -0.3 is 10.6 Å². The third-order valence-electron chi connectivity index (χ3n) is 6.62. The number of aromatic nitrogens is 3. The van der Waals surface area contributed by atoms with Crippen LogP contribution in [0.25, 0.3) is 11.1 Å². The van der Waals surface area contributed by atoms with Gasteiger partial charge in [0.05, 0.1) is 0 Å². The van der Waals surface area contributed by atoms with Crippen LogP contribution in [0.5, 0.6) is 0 Å². The molecular weight excluding hydrogens is 452 g/mol. The highest BCUT2D eigenvalue weighted by atomic mass is 19.3. The van der Waals surface area contributed by atoms with Gasteiger partial charge in [0.2, 0.25) is 11.8 Å². The molecule has 0 bridgehead atoms. The van der Waals surface area contributed by atoms with Gasteiger partial charge in [0.1, 0.15) is 11.7 Å². The minimum atomic E-state index is -2.73. The van der Waals surface area contributed by atoms with E-state index in [4.69, 9.17) is 0 Å². The molecule has 0 spiro atoms. The number of halogens is 2. The van der Waals surface area contributed by atoms with Gasteiger partial charge in [0, 0.05) is 44.2 Å². The van der Waals surface area contributed by atoms with E-state index >= 15 is 0 Å². The SMILES string of the molecule is Cc1cncc(C)c1-c1ccc(NC(=O)C(NC(=O)c2ccnn2C)C2CCC(F)(F)CC2)cc1. The lowest BCUT2D eigenvalue weighted by Crippen LogP contribution is -2.50. The molecule has 0 radical (unpaired) electrons. The molecule has 9 heteroatoms. The maximum absolute atomic E-state index is 13.8. The van der Waals surface area contributed by atoms with Gasteiger partial charge in [-0.3, -0.25) is 19.3 Å². The first-order valence-corrected chi connectivity index (χ1v) is 11.6. The summed E-state index contributed by atoms with van der Waals surface area (Å²) in [4.78, 5) is 30.3. The lowest BCUT2D eigenvalue weighted by Gasteiger charge is -2.33. The second-order valence-corrected chi connectivity index (χ2v) is 9.20. The van der Waals surface area contributed by atoms with Gasteiger partial charge in [-0.05, 0) is 73.1 Å². The minimum Gasteiger partial charge on any atom is -0.339 e. The van der Waals surface area contributed by atoms with Crippen molar-refractivity contribution >= 4 is 17.5 Å². The molecule has 0 saturated heterocycles. The fraction of sp³-hybridized carbons (Fsp3) is 0.385. The minimum absolute atomic E-state index is 0.149. The van der Waals surface area contributed by atoms with Crippen molar-refractivity contribution in [1.29, 1.82) is 0 Å². The van der Waals surface area contributed by atoms with E-state index in [1.54, 1.807) is 37.6 Å². The number of benzene rings is 1. The number of hydrogen-bond acceptors (Lipinski definition) is 4. The number of anilines is 1. The van der Waals surface area contributed by atoms with Crippen LogP contribution in [0.2, 0.25) is 0 Å². The third-order valence-corrected chi connectivity index (χ3v) is 6.62. The molecule has 1 aliphatic rings. The molecule has 2 amide bonds. The standard InChI is InChI=1S/C26H29F2N5O2/c1-16-14-29-15-17(2)22(16)18-4-6-20(7-5-18)31-25(35)23(19-8-11-26(27,28)12-9-19)32-24(34)21-10-13-30-33(21)3/h4-7,10,13-15,19,23H,8-9,11-12H2,1-3H3,(H,31,35)(H,32,34). The molecule has 1 aliphatic carbocycles. The molecule has 1 saturated carbocycles. The van der Waals surface area contributed by atoms with Crippen LogP contribution >= 0.6 is 0 Å². The second kappa shape index (κ2) is 9.93. The fourth-order valence-electron chi connectivity index (χ4n) is 4.70. The van der Waals surface area contributed by atoms with E-state index in [2.05, 4.69) is 20.7 Å². The molecule has 7 nitrogen and oxygen atoms in total. The highest BCUT2D eigenvalue weighted by molar-refractivity contribution is 6.00. The number of rotatable bonds is 6. The van der Waals surface area contributed by atoms with E-state index in [0.29, 0.717) is 5.69 Å². The predicted octanol–water partition coefficient (Wildman–Crippen LogP) is 4.66.